The van der Waals surface area contributed by atoms with Crippen molar-refractivity contribution in [3.63, 3.8) is 0 Å². The number of amides is 2. The molecule has 27 heavy (non-hydrogen) atoms. The topological polar surface area (TPSA) is 67.9 Å². The quantitative estimate of drug-likeness (QED) is 0.855. The molecule has 0 bridgehead atoms. The van der Waals surface area contributed by atoms with E-state index in [9.17, 15) is 9.59 Å². The largest absolute Gasteiger partial charge is 0.457 e. The Hall–Kier alpha value is -3.02. The van der Waals surface area contributed by atoms with Gasteiger partial charge in [-0.15, -0.1) is 0 Å². The Morgan fingerprint density at radius 1 is 1.00 bits per heavy atom. The van der Waals surface area contributed by atoms with E-state index in [1.165, 1.54) is 0 Å². The van der Waals surface area contributed by atoms with Gasteiger partial charge in [-0.05, 0) is 56.2 Å². The summed E-state index contributed by atoms with van der Waals surface area (Å²) in [6, 6.07) is 16.8. The minimum absolute atomic E-state index is 0.0183. The van der Waals surface area contributed by atoms with Crippen LogP contribution in [0, 0.1) is 5.92 Å². The lowest BCUT2D eigenvalue weighted by Gasteiger charge is -2.30. The Balaban J connectivity index is 1.49. The SMILES string of the molecule is CCOC(=O)N1CCC(C(=O)Nc2ccc(Oc3ccccc3)cc2)CC1. The second kappa shape index (κ2) is 9.07. The Bertz CT molecular complexity index is 754. The summed E-state index contributed by atoms with van der Waals surface area (Å²) in [4.78, 5) is 25.8. The molecule has 0 radical (unpaired) electrons. The van der Waals surface area contributed by atoms with Crippen LogP contribution in [0.5, 0.6) is 11.5 Å². The van der Waals surface area contributed by atoms with E-state index in [4.69, 9.17) is 9.47 Å². The number of rotatable bonds is 5. The fourth-order valence-electron chi connectivity index (χ4n) is 3.01. The summed E-state index contributed by atoms with van der Waals surface area (Å²) >= 11 is 0. The fourth-order valence-corrected chi connectivity index (χ4v) is 3.01. The molecule has 1 aliphatic heterocycles. The van der Waals surface area contributed by atoms with E-state index >= 15 is 0 Å². The minimum atomic E-state index is -0.301. The number of anilines is 1. The lowest BCUT2D eigenvalue weighted by molar-refractivity contribution is -0.121. The molecule has 0 atom stereocenters. The summed E-state index contributed by atoms with van der Waals surface area (Å²) < 4.78 is 10.7. The van der Waals surface area contributed by atoms with Crippen LogP contribution < -0.4 is 10.1 Å². The van der Waals surface area contributed by atoms with Gasteiger partial charge in [0.2, 0.25) is 5.91 Å². The van der Waals surface area contributed by atoms with Crippen molar-refractivity contribution in [2.24, 2.45) is 5.92 Å². The molecule has 0 aromatic heterocycles. The van der Waals surface area contributed by atoms with Crippen molar-refractivity contribution < 1.29 is 19.1 Å². The van der Waals surface area contributed by atoms with Crippen molar-refractivity contribution >= 4 is 17.7 Å². The van der Waals surface area contributed by atoms with Crippen LogP contribution in [0.3, 0.4) is 0 Å². The zero-order chi connectivity index (χ0) is 19.1. The third-order valence-electron chi connectivity index (χ3n) is 4.49. The van der Waals surface area contributed by atoms with Gasteiger partial charge >= 0.3 is 6.09 Å². The lowest BCUT2D eigenvalue weighted by Crippen LogP contribution is -2.41. The van der Waals surface area contributed by atoms with Crippen LogP contribution in [0.25, 0.3) is 0 Å². The van der Waals surface area contributed by atoms with Crippen LogP contribution in [-0.4, -0.2) is 36.6 Å². The Kier molecular flexibility index (Phi) is 6.30. The molecule has 6 nitrogen and oxygen atoms in total. The summed E-state index contributed by atoms with van der Waals surface area (Å²) in [7, 11) is 0. The van der Waals surface area contributed by atoms with Crippen molar-refractivity contribution in [3.8, 4) is 11.5 Å². The molecule has 1 fully saturated rings. The summed E-state index contributed by atoms with van der Waals surface area (Å²) in [5, 5.41) is 2.94. The van der Waals surface area contributed by atoms with E-state index in [0.29, 0.717) is 38.3 Å². The monoisotopic (exact) mass is 368 g/mol. The molecule has 142 valence electrons. The van der Waals surface area contributed by atoms with E-state index in [1.54, 1.807) is 11.8 Å². The van der Waals surface area contributed by atoms with Gasteiger partial charge in [0.05, 0.1) is 6.61 Å². The number of benzene rings is 2. The predicted octanol–water partition coefficient (Wildman–Crippen LogP) is 4.29. The van der Waals surface area contributed by atoms with Gasteiger partial charge in [-0.2, -0.15) is 0 Å². The molecule has 2 aromatic rings. The van der Waals surface area contributed by atoms with Gasteiger partial charge < -0.3 is 19.7 Å². The maximum atomic E-state index is 12.5. The molecule has 0 saturated carbocycles. The van der Waals surface area contributed by atoms with Crippen LogP contribution in [-0.2, 0) is 9.53 Å². The number of ether oxygens (including phenoxy) is 2. The molecule has 1 saturated heterocycles. The van der Waals surface area contributed by atoms with Crippen molar-refractivity contribution in [3.05, 3.63) is 54.6 Å². The molecule has 1 heterocycles. The smallest absolute Gasteiger partial charge is 0.409 e. The van der Waals surface area contributed by atoms with Crippen LogP contribution in [0.1, 0.15) is 19.8 Å². The zero-order valence-electron chi connectivity index (χ0n) is 15.4. The van der Waals surface area contributed by atoms with Gasteiger partial charge in [-0.3, -0.25) is 4.79 Å². The van der Waals surface area contributed by atoms with Gasteiger partial charge in [-0.1, -0.05) is 18.2 Å². The highest BCUT2D eigenvalue weighted by molar-refractivity contribution is 5.92. The average molecular weight is 368 g/mol. The number of nitrogens with zero attached hydrogens (tertiary/aromatic N) is 1. The second-order valence-corrected chi connectivity index (χ2v) is 6.39. The molecule has 1 aliphatic rings. The number of likely N-dealkylation sites (tertiary alicyclic amines) is 1. The Morgan fingerprint density at radius 2 is 1.63 bits per heavy atom. The molecule has 2 amide bonds. The number of piperidine rings is 1. The van der Waals surface area contributed by atoms with Crippen LogP contribution in [0.15, 0.2) is 54.6 Å². The molecule has 1 N–H and O–H groups in total. The first-order chi connectivity index (χ1) is 13.2. The van der Waals surface area contributed by atoms with Crippen molar-refractivity contribution in [2.45, 2.75) is 19.8 Å². The fraction of sp³-hybridized carbons (Fsp3) is 0.333. The van der Waals surface area contributed by atoms with Crippen LogP contribution in [0.2, 0.25) is 0 Å². The maximum Gasteiger partial charge on any atom is 0.409 e. The van der Waals surface area contributed by atoms with E-state index in [0.717, 1.165) is 11.4 Å². The molecule has 0 unspecified atom stereocenters. The van der Waals surface area contributed by atoms with Crippen molar-refractivity contribution in [1.29, 1.82) is 0 Å². The summed E-state index contributed by atoms with van der Waals surface area (Å²) in [6.07, 6.45) is 0.977. The van der Waals surface area contributed by atoms with Gasteiger partial charge in [0.15, 0.2) is 0 Å². The molecule has 6 heteroatoms. The van der Waals surface area contributed by atoms with Gasteiger partial charge in [0.25, 0.3) is 0 Å². The number of carbonyl (C=O) groups is 2. The average Bonchev–Trinajstić information content (AvgIpc) is 2.70. The number of hydrogen-bond donors (Lipinski definition) is 1. The molecule has 0 spiro atoms. The lowest BCUT2D eigenvalue weighted by atomic mass is 9.96. The Labute approximate surface area is 159 Å². The first kappa shape index (κ1) is 18.8. The minimum Gasteiger partial charge on any atom is -0.457 e. The van der Waals surface area contributed by atoms with Gasteiger partial charge in [0.1, 0.15) is 11.5 Å². The maximum absolute atomic E-state index is 12.5. The summed E-state index contributed by atoms with van der Waals surface area (Å²) in [5.41, 5.74) is 0.730. The van der Waals surface area contributed by atoms with Crippen molar-refractivity contribution in [1.82, 2.24) is 4.90 Å². The Morgan fingerprint density at radius 3 is 2.26 bits per heavy atom. The van der Waals surface area contributed by atoms with E-state index < -0.39 is 0 Å². The van der Waals surface area contributed by atoms with Gasteiger partial charge in [0, 0.05) is 24.7 Å². The standard InChI is InChI=1S/C21H24N2O4/c1-2-26-21(25)23-14-12-16(13-15-23)20(24)22-17-8-10-19(11-9-17)27-18-6-4-3-5-7-18/h3-11,16H,2,12-15H2,1H3,(H,22,24). The molecular weight excluding hydrogens is 344 g/mol. The second-order valence-electron chi connectivity index (χ2n) is 6.39. The molecular formula is C21H24N2O4. The van der Waals surface area contributed by atoms with E-state index in [2.05, 4.69) is 5.32 Å². The van der Waals surface area contributed by atoms with Crippen LogP contribution in [0.4, 0.5) is 10.5 Å². The highest BCUT2D eigenvalue weighted by atomic mass is 16.6. The van der Waals surface area contributed by atoms with E-state index in [1.807, 2.05) is 54.6 Å². The molecule has 3 rings (SSSR count). The molecule has 2 aromatic carbocycles. The highest BCUT2D eigenvalue weighted by Gasteiger charge is 2.27. The van der Waals surface area contributed by atoms with E-state index in [-0.39, 0.29) is 17.9 Å². The number of nitrogens with one attached hydrogen (secondary N) is 1. The summed E-state index contributed by atoms with van der Waals surface area (Å²) in [5.74, 6) is 1.36. The molecule has 0 aliphatic carbocycles. The number of hydrogen-bond acceptors (Lipinski definition) is 4. The van der Waals surface area contributed by atoms with Gasteiger partial charge in [-0.25, -0.2) is 4.79 Å². The third-order valence-corrected chi connectivity index (χ3v) is 4.49. The van der Waals surface area contributed by atoms with Crippen LogP contribution >= 0.6 is 0 Å². The highest BCUT2D eigenvalue weighted by Crippen LogP contribution is 2.24. The third kappa shape index (κ3) is 5.23. The predicted molar refractivity (Wildman–Crippen MR) is 103 cm³/mol. The zero-order valence-corrected chi connectivity index (χ0v) is 15.4. The first-order valence-corrected chi connectivity index (χ1v) is 9.21. The summed E-state index contributed by atoms with van der Waals surface area (Å²) in [6.45, 7) is 3.24. The number of para-hydroxylation sites is 1. The first-order valence-electron chi connectivity index (χ1n) is 9.21. The van der Waals surface area contributed by atoms with Crippen molar-refractivity contribution in [2.75, 3.05) is 25.0 Å². The normalized spacial score (nSPS) is 14.5. The number of carbonyl (C=O) groups excluding carboxylic acids is 2.